The van der Waals surface area contributed by atoms with E-state index in [0.29, 0.717) is 10.2 Å². The van der Waals surface area contributed by atoms with E-state index in [-0.39, 0.29) is 29.1 Å². The summed E-state index contributed by atoms with van der Waals surface area (Å²) in [6.45, 7) is 5.42. The summed E-state index contributed by atoms with van der Waals surface area (Å²) < 4.78 is 14.6. The van der Waals surface area contributed by atoms with Crippen LogP contribution in [0.5, 0.6) is 5.75 Å². The van der Waals surface area contributed by atoms with Crippen molar-refractivity contribution >= 4 is 27.5 Å². The minimum absolute atomic E-state index is 0.0167. The summed E-state index contributed by atoms with van der Waals surface area (Å²) in [4.78, 5) is 14.5. The molecule has 1 aromatic rings. The quantitative estimate of drug-likeness (QED) is 0.603. The first-order chi connectivity index (χ1) is 11.3. The number of phenolic OH excluding ortho intramolecular Hbond substituents is 1. The number of benzene rings is 1. The lowest BCUT2D eigenvalue weighted by Gasteiger charge is -2.27. The molecule has 1 aliphatic rings. The summed E-state index contributed by atoms with van der Waals surface area (Å²) in [5.41, 5.74) is 2.89. The minimum atomic E-state index is -0.573. The molecule has 132 valence electrons. The van der Waals surface area contributed by atoms with Gasteiger partial charge in [-0.05, 0) is 67.0 Å². The lowest BCUT2D eigenvalue weighted by molar-refractivity contribution is -0.126. The Kier molecular flexibility index (Phi) is 6.34. The number of nitrogens with one attached hydrogen (secondary N) is 1. The van der Waals surface area contributed by atoms with Crippen LogP contribution in [0.15, 0.2) is 21.7 Å². The Bertz CT molecular complexity index is 641. The number of phenols is 1. The fourth-order valence-corrected chi connectivity index (χ4v) is 3.07. The number of hydrogen-bond acceptors (Lipinski definition) is 4. The molecule has 0 radical (unpaired) electrons. The Labute approximate surface area is 150 Å². The molecule has 0 saturated carbocycles. The van der Waals surface area contributed by atoms with Crippen LogP contribution < -0.4 is 5.43 Å². The normalized spacial score (nSPS) is 17.3. The molecule has 1 fully saturated rings. The number of rotatable bonds is 4. The van der Waals surface area contributed by atoms with E-state index in [2.05, 4.69) is 31.4 Å². The average Bonchev–Trinajstić information content (AvgIpc) is 2.54. The molecule has 5 nitrogen and oxygen atoms in total. The maximum atomic E-state index is 14.2. The molecule has 0 unspecified atom stereocenters. The maximum absolute atomic E-state index is 14.2. The summed E-state index contributed by atoms with van der Waals surface area (Å²) in [7, 11) is 2.03. The van der Waals surface area contributed by atoms with Gasteiger partial charge in [-0.2, -0.15) is 5.10 Å². The number of hydrazone groups is 1. The first kappa shape index (κ1) is 18.9. The highest BCUT2D eigenvalue weighted by Gasteiger charge is 2.24. The molecule has 1 heterocycles. The fourth-order valence-electron chi connectivity index (χ4n) is 2.74. The van der Waals surface area contributed by atoms with Gasteiger partial charge in [0.05, 0.1) is 15.7 Å². The highest BCUT2D eigenvalue weighted by molar-refractivity contribution is 9.10. The molecular weight excluding hydrogens is 377 g/mol. The number of piperidine rings is 1. The number of carbonyl (C=O) groups is 1. The van der Waals surface area contributed by atoms with Crippen LogP contribution >= 0.6 is 15.9 Å². The number of halogens is 2. The van der Waals surface area contributed by atoms with Crippen molar-refractivity contribution in [2.45, 2.75) is 26.7 Å². The topological polar surface area (TPSA) is 64.9 Å². The highest BCUT2D eigenvalue weighted by Crippen LogP contribution is 2.31. The highest BCUT2D eigenvalue weighted by atomic mass is 79.9. The van der Waals surface area contributed by atoms with Crippen LogP contribution in [0.1, 0.15) is 32.3 Å². The zero-order chi connectivity index (χ0) is 17.9. The van der Waals surface area contributed by atoms with Gasteiger partial charge in [0, 0.05) is 5.92 Å². The van der Waals surface area contributed by atoms with Crippen LogP contribution in [-0.2, 0) is 4.79 Å². The van der Waals surface area contributed by atoms with Crippen molar-refractivity contribution in [2.75, 3.05) is 20.1 Å². The number of hydrogen-bond donors (Lipinski definition) is 2. The molecule has 7 heteroatoms. The average molecular weight is 400 g/mol. The number of likely N-dealkylation sites (tertiary alicyclic amines) is 1. The van der Waals surface area contributed by atoms with E-state index in [1.165, 1.54) is 12.1 Å². The number of nitrogens with zero attached hydrogens (tertiary/aromatic N) is 2. The largest absolute Gasteiger partial charge is 0.506 e. The van der Waals surface area contributed by atoms with Gasteiger partial charge in [-0.25, -0.2) is 9.82 Å². The van der Waals surface area contributed by atoms with Gasteiger partial charge < -0.3 is 10.0 Å². The molecular formula is C17H23BrFN3O2. The van der Waals surface area contributed by atoms with Crippen LogP contribution in [0.25, 0.3) is 0 Å². The molecule has 24 heavy (non-hydrogen) atoms. The van der Waals surface area contributed by atoms with E-state index in [1.54, 1.807) is 0 Å². The Hall–Kier alpha value is -1.47. The molecule has 1 aromatic carbocycles. The predicted octanol–water partition coefficient (Wildman–Crippen LogP) is 3.11. The van der Waals surface area contributed by atoms with E-state index >= 15 is 0 Å². The first-order valence-corrected chi connectivity index (χ1v) is 8.83. The van der Waals surface area contributed by atoms with Crippen molar-refractivity contribution in [1.29, 1.82) is 0 Å². The third kappa shape index (κ3) is 4.33. The van der Waals surface area contributed by atoms with Crippen molar-refractivity contribution < 1.29 is 14.3 Å². The summed E-state index contributed by atoms with van der Waals surface area (Å²) in [5.74, 6) is -1.19. The Morgan fingerprint density at radius 2 is 2.04 bits per heavy atom. The Balaban J connectivity index is 2.21. The Morgan fingerprint density at radius 3 is 2.62 bits per heavy atom. The van der Waals surface area contributed by atoms with Gasteiger partial charge in [0.15, 0.2) is 0 Å². The maximum Gasteiger partial charge on any atom is 0.243 e. The van der Waals surface area contributed by atoms with Gasteiger partial charge in [-0.15, -0.1) is 0 Å². The molecule has 0 aromatic heterocycles. The molecule has 0 spiro atoms. The van der Waals surface area contributed by atoms with Gasteiger partial charge in [0.1, 0.15) is 11.6 Å². The van der Waals surface area contributed by atoms with Crippen LogP contribution in [0, 0.1) is 17.7 Å². The second-order valence-corrected chi connectivity index (χ2v) is 7.31. The smallest absolute Gasteiger partial charge is 0.243 e. The molecule has 0 atom stereocenters. The molecule has 1 saturated heterocycles. The van der Waals surface area contributed by atoms with Gasteiger partial charge in [0.2, 0.25) is 5.91 Å². The summed E-state index contributed by atoms with van der Waals surface area (Å²) in [5, 5.41) is 14.3. The number of carbonyl (C=O) groups excluding carboxylic acids is 1. The standard InChI is InChI=1S/C17H23BrFN3O2/c1-10(2)15(14-13(19)5-4-12(18)16(14)23)20-21-17(24)11-6-8-22(3)9-7-11/h4-5,10-11,23H,6-9H2,1-3H3,(H,21,24)/b20-15+. The van der Waals surface area contributed by atoms with Crippen molar-refractivity contribution in [3.63, 3.8) is 0 Å². The van der Waals surface area contributed by atoms with Gasteiger partial charge in [0.25, 0.3) is 0 Å². The molecule has 0 bridgehead atoms. The number of amides is 1. The molecule has 0 aliphatic carbocycles. The molecule has 2 rings (SSSR count). The zero-order valence-corrected chi connectivity index (χ0v) is 15.7. The minimum Gasteiger partial charge on any atom is -0.506 e. The summed E-state index contributed by atoms with van der Waals surface area (Å²) >= 11 is 3.18. The summed E-state index contributed by atoms with van der Waals surface area (Å²) in [6.07, 6.45) is 1.57. The molecule has 1 aliphatic heterocycles. The van der Waals surface area contributed by atoms with Crippen LogP contribution in [0.2, 0.25) is 0 Å². The molecule has 2 N–H and O–H groups in total. The third-order valence-electron chi connectivity index (χ3n) is 4.26. The third-order valence-corrected chi connectivity index (χ3v) is 4.90. The first-order valence-electron chi connectivity index (χ1n) is 8.04. The van der Waals surface area contributed by atoms with Crippen molar-refractivity contribution in [3.8, 4) is 5.75 Å². The lowest BCUT2D eigenvalue weighted by Crippen LogP contribution is -2.38. The van der Waals surface area contributed by atoms with E-state index in [0.717, 1.165) is 25.9 Å². The molecule has 1 amide bonds. The van der Waals surface area contributed by atoms with Gasteiger partial charge in [-0.1, -0.05) is 13.8 Å². The van der Waals surface area contributed by atoms with E-state index in [4.69, 9.17) is 0 Å². The van der Waals surface area contributed by atoms with Crippen molar-refractivity contribution in [3.05, 3.63) is 28.0 Å². The second kappa shape index (κ2) is 8.07. The van der Waals surface area contributed by atoms with Crippen molar-refractivity contribution in [1.82, 2.24) is 10.3 Å². The van der Waals surface area contributed by atoms with Crippen molar-refractivity contribution in [2.24, 2.45) is 16.9 Å². The van der Waals surface area contributed by atoms with Crippen LogP contribution in [-0.4, -0.2) is 41.8 Å². The predicted molar refractivity (Wildman–Crippen MR) is 95.5 cm³/mol. The second-order valence-electron chi connectivity index (χ2n) is 6.46. The monoisotopic (exact) mass is 399 g/mol. The SMILES string of the molecule is CC(C)/C(=N\NC(=O)C1CCN(C)CC1)c1c(F)ccc(Br)c1O. The van der Waals surface area contributed by atoms with E-state index in [1.807, 2.05) is 20.9 Å². The van der Waals surface area contributed by atoms with E-state index in [9.17, 15) is 14.3 Å². The fraction of sp³-hybridized carbons (Fsp3) is 0.529. The van der Waals surface area contributed by atoms with Gasteiger partial charge in [-0.3, -0.25) is 4.79 Å². The van der Waals surface area contributed by atoms with E-state index < -0.39 is 5.82 Å². The van der Waals surface area contributed by atoms with Crippen LogP contribution in [0.4, 0.5) is 4.39 Å². The van der Waals surface area contributed by atoms with Crippen LogP contribution in [0.3, 0.4) is 0 Å². The summed E-state index contributed by atoms with van der Waals surface area (Å²) in [6, 6.07) is 2.69. The zero-order valence-electron chi connectivity index (χ0n) is 14.1. The van der Waals surface area contributed by atoms with Gasteiger partial charge >= 0.3 is 0 Å². The lowest BCUT2D eigenvalue weighted by atomic mass is 9.96. The number of aromatic hydroxyl groups is 1. The Morgan fingerprint density at radius 1 is 1.42 bits per heavy atom.